The number of thioether (sulfide) groups is 1. The molecule has 2 N–H and O–H groups in total. The molecule has 4 rings (SSSR count). The van der Waals surface area contributed by atoms with Crippen LogP contribution in [0.15, 0.2) is 41.4 Å². The number of pyridine rings is 1. The smallest absolute Gasteiger partial charge is 0.253 e. The second kappa shape index (κ2) is 9.88. The van der Waals surface area contributed by atoms with Gasteiger partial charge in [0.1, 0.15) is 16.3 Å². The summed E-state index contributed by atoms with van der Waals surface area (Å²) in [5.74, 6) is 0.932. The van der Waals surface area contributed by atoms with Gasteiger partial charge in [-0.1, -0.05) is 17.7 Å². The first-order valence-electron chi connectivity index (χ1n) is 10.4. The van der Waals surface area contributed by atoms with Crippen LogP contribution in [0.3, 0.4) is 0 Å². The average molecular weight is 508 g/mol. The second-order valence-electron chi connectivity index (χ2n) is 7.85. The van der Waals surface area contributed by atoms with Crippen LogP contribution in [0.5, 0.6) is 0 Å². The molecule has 33 heavy (non-hydrogen) atoms. The molecule has 0 saturated carbocycles. The highest BCUT2D eigenvalue weighted by atomic mass is 35.5. The molecule has 176 valence electrons. The lowest BCUT2D eigenvalue weighted by atomic mass is 10.3. The van der Waals surface area contributed by atoms with Gasteiger partial charge in [0.05, 0.1) is 11.7 Å². The van der Waals surface area contributed by atoms with Crippen LogP contribution < -0.4 is 14.9 Å². The highest BCUT2D eigenvalue weighted by Gasteiger charge is 2.24. The van der Waals surface area contributed by atoms with E-state index in [2.05, 4.69) is 41.8 Å². The van der Waals surface area contributed by atoms with Gasteiger partial charge in [0.25, 0.3) is 10.0 Å². The summed E-state index contributed by atoms with van der Waals surface area (Å²) in [5, 5.41) is 2.98. The zero-order valence-electron chi connectivity index (χ0n) is 18.6. The van der Waals surface area contributed by atoms with Crippen LogP contribution >= 0.6 is 23.4 Å². The van der Waals surface area contributed by atoms with E-state index in [4.69, 9.17) is 11.6 Å². The number of rotatable bonds is 7. The molecule has 1 aromatic carbocycles. The van der Waals surface area contributed by atoms with E-state index < -0.39 is 15.4 Å². The van der Waals surface area contributed by atoms with Gasteiger partial charge in [0, 0.05) is 42.1 Å². The van der Waals surface area contributed by atoms with Crippen molar-refractivity contribution in [2.24, 2.45) is 0 Å². The molecule has 1 unspecified atom stereocenters. The minimum Gasteiger partial charge on any atom is -0.352 e. The molecule has 1 aliphatic heterocycles. The van der Waals surface area contributed by atoms with Crippen LogP contribution in [0.1, 0.15) is 6.92 Å². The van der Waals surface area contributed by atoms with Crippen molar-refractivity contribution in [3.8, 4) is 0 Å². The molecular weight excluding hydrogens is 482 g/mol. The van der Waals surface area contributed by atoms with Crippen LogP contribution in [-0.2, 0) is 10.0 Å². The number of sulfonamides is 1. The van der Waals surface area contributed by atoms with Gasteiger partial charge in [0.15, 0.2) is 0 Å². The standard InChI is InChI=1S/C21H26ClN7O2S2/c1-14(33(30,31)27-15-5-4-6-16(11-15)32-3)24-20-17-12-19(22)23-13-18(17)25-21(26-20)29-9-7-28(2)8-10-29/h4-6,11-14,27H,7-10H2,1-3H3,(H,24,25,26). The number of aromatic nitrogens is 3. The van der Waals surface area contributed by atoms with Gasteiger partial charge >= 0.3 is 0 Å². The summed E-state index contributed by atoms with van der Waals surface area (Å²) in [6, 6.07) is 8.90. The van der Waals surface area contributed by atoms with Crippen molar-refractivity contribution in [2.75, 3.05) is 54.4 Å². The van der Waals surface area contributed by atoms with Gasteiger partial charge in [-0.2, -0.15) is 4.98 Å². The van der Waals surface area contributed by atoms with E-state index in [9.17, 15) is 8.42 Å². The Balaban J connectivity index is 1.63. The molecule has 3 aromatic rings. The summed E-state index contributed by atoms with van der Waals surface area (Å²) < 4.78 is 28.8. The molecule has 12 heteroatoms. The quantitative estimate of drug-likeness (QED) is 0.368. The van der Waals surface area contributed by atoms with E-state index in [-0.39, 0.29) is 5.15 Å². The highest BCUT2D eigenvalue weighted by molar-refractivity contribution is 7.98. The number of hydrogen-bond donors (Lipinski definition) is 2. The maximum atomic E-state index is 13.1. The van der Waals surface area contributed by atoms with Crippen LogP contribution in [0.2, 0.25) is 5.15 Å². The maximum Gasteiger partial charge on any atom is 0.253 e. The molecule has 1 fully saturated rings. The summed E-state index contributed by atoms with van der Waals surface area (Å²) in [7, 11) is -1.68. The molecule has 1 atom stereocenters. The van der Waals surface area contributed by atoms with E-state index >= 15 is 0 Å². The number of likely N-dealkylation sites (N-methyl/N-ethyl adjacent to an activating group) is 1. The van der Waals surface area contributed by atoms with Gasteiger partial charge in [-0.15, -0.1) is 11.8 Å². The Labute approximate surface area is 203 Å². The van der Waals surface area contributed by atoms with Gasteiger partial charge in [-0.3, -0.25) is 4.72 Å². The van der Waals surface area contributed by atoms with Crippen LogP contribution in [-0.4, -0.2) is 73.1 Å². The molecule has 0 aliphatic carbocycles. The van der Waals surface area contributed by atoms with Crippen LogP contribution in [0.4, 0.5) is 17.5 Å². The lowest BCUT2D eigenvalue weighted by molar-refractivity contribution is 0.311. The molecular formula is C21H26ClN7O2S2. The molecule has 0 spiro atoms. The fourth-order valence-electron chi connectivity index (χ4n) is 3.46. The molecule has 9 nitrogen and oxygen atoms in total. The number of anilines is 3. The predicted molar refractivity (Wildman–Crippen MR) is 136 cm³/mol. The number of piperazine rings is 1. The summed E-state index contributed by atoms with van der Waals surface area (Å²) >= 11 is 7.66. The topological polar surface area (TPSA) is 103 Å². The number of halogens is 1. The van der Waals surface area contributed by atoms with Gasteiger partial charge in [-0.05, 0) is 44.5 Å². The summed E-state index contributed by atoms with van der Waals surface area (Å²) in [6.07, 6.45) is 3.52. The Morgan fingerprint density at radius 1 is 1.15 bits per heavy atom. The van der Waals surface area contributed by atoms with Crippen molar-refractivity contribution in [3.63, 3.8) is 0 Å². The lowest BCUT2D eigenvalue weighted by Crippen LogP contribution is -2.45. The van der Waals surface area contributed by atoms with Crippen molar-refractivity contribution in [2.45, 2.75) is 17.2 Å². The highest BCUT2D eigenvalue weighted by Crippen LogP contribution is 2.27. The normalized spacial score (nSPS) is 16.1. The maximum absolute atomic E-state index is 13.1. The first-order chi connectivity index (χ1) is 15.7. The second-order valence-corrected chi connectivity index (χ2v) is 11.1. The largest absolute Gasteiger partial charge is 0.352 e. The Hall–Kier alpha value is -2.34. The first-order valence-corrected chi connectivity index (χ1v) is 13.6. The average Bonchev–Trinajstić information content (AvgIpc) is 2.79. The zero-order valence-corrected chi connectivity index (χ0v) is 21.0. The number of hydrogen-bond acceptors (Lipinski definition) is 9. The molecule has 1 saturated heterocycles. The van der Waals surface area contributed by atoms with Gasteiger partial charge < -0.3 is 15.1 Å². The monoisotopic (exact) mass is 507 g/mol. The summed E-state index contributed by atoms with van der Waals surface area (Å²) in [4.78, 5) is 18.8. The van der Waals surface area contributed by atoms with Gasteiger partial charge in [-0.25, -0.2) is 18.4 Å². The molecule has 3 heterocycles. The molecule has 1 aliphatic rings. The first kappa shape index (κ1) is 23.8. The Morgan fingerprint density at radius 2 is 1.91 bits per heavy atom. The van der Waals surface area contributed by atoms with Crippen molar-refractivity contribution in [1.29, 1.82) is 0 Å². The zero-order chi connectivity index (χ0) is 23.6. The van der Waals surface area contributed by atoms with E-state index in [0.717, 1.165) is 31.1 Å². The van der Waals surface area contributed by atoms with Crippen LogP contribution in [0.25, 0.3) is 10.9 Å². The molecule has 0 amide bonds. The van der Waals surface area contributed by atoms with Crippen molar-refractivity contribution in [3.05, 3.63) is 41.7 Å². The number of fused-ring (bicyclic) bond motifs is 1. The van der Waals surface area contributed by atoms with Crippen LogP contribution in [0, 0.1) is 0 Å². The SMILES string of the molecule is CSc1cccc(NS(=O)(=O)C(C)Nc2nc(N3CCN(C)CC3)nc3cnc(Cl)cc23)c1. The number of nitrogens with one attached hydrogen (secondary N) is 2. The Morgan fingerprint density at radius 3 is 2.64 bits per heavy atom. The Bertz CT molecular complexity index is 1250. The van der Waals surface area contributed by atoms with E-state index in [1.807, 2.05) is 18.4 Å². The van der Waals surface area contributed by atoms with E-state index in [1.165, 1.54) is 0 Å². The van der Waals surface area contributed by atoms with Crippen molar-refractivity contribution >= 4 is 61.7 Å². The number of nitrogens with zero attached hydrogens (tertiary/aromatic N) is 5. The predicted octanol–water partition coefficient (Wildman–Crippen LogP) is 3.35. The number of benzene rings is 1. The Kier molecular flexibility index (Phi) is 7.13. The summed E-state index contributed by atoms with van der Waals surface area (Å²) in [6.45, 7) is 4.93. The third-order valence-electron chi connectivity index (χ3n) is 5.46. The van der Waals surface area contributed by atoms with Gasteiger partial charge in [0.2, 0.25) is 5.95 Å². The summed E-state index contributed by atoms with van der Waals surface area (Å²) in [5.41, 5.74) is 1.10. The van der Waals surface area contributed by atoms with E-state index in [1.54, 1.807) is 43.1 Å². The molecule has 0 radical (unpaired) electrons. The third kappa shape index (κ3) is 5.60. The fourth-order valence-corrected chi connectivity index (χ4v) is 4.98. The third-order valence-corrected chi connectivity index (χ3v) is 7.96. The van der Waals surface area contributed by atoms with Crippen molar-refractivity contribution < 1.29 is 8.42 Å². The molecule has 0 bridgehead atoms. The lowest BCUT2D eigenvalue weighted by Gasteiger charge is -2.32. The fraction of sp³-hybridized carbons (Fsp3) is 0.381. The van der Waals surface area contributed by atoms with E-state index in [0.29, 0.717) is 28.4 Å². The van der Waals surface area contributed by atoms with Crippen molar-refractivity contribution in [1.82, 2.24) is 19.9 Å². The minimum atomic E-state index is -3.76. The minimum absolute atomic E-state index is 0.281. The molecule has 2 aromatic heterocycles.